The Morgan fingerprint density at radius 2 is 1.86 bits per heavy atom. The van der Waals surface area contributed by atoms with Crippen LogP contribution in [-0.4, -0.2) is 45.9 Å². The van der Waals surface area contributed by atoms with Crippen LogP contribution < -0.4 is 5.32 Å². The summed E-state index contributed by atoms with van der Waals surface area (Å²) in [5.74, 6) is -0.890. The number of hydrogen-bond acceptors (Lipinski definition) is 6. The van der Waals surface area contributed by atoms with Gasteiger partial charge < -0.3 is 9.13 Å². The summed E-state index contributed by atoms with van der Waals surface area (Å²) in [6.07, 6.45) is 9.91. The minimum Gasteiger partial charge on any atom is -0.347 e. The van der Waals surface area contributed by atoms with Crippen LogP contribution in [0.5, 0.6) is 0 Å². The minimum atomic E-state index is -0.463. The SMILES string of the molecule is Cc1ccc2c(C3=C(c4nn(C)c5nnccc45)C(=O)NC3=O)cn(CCCn3ccnc3)c2c1. The molecule has 6 rings (SSSR count). The highest BCUT2D eigenvalue weighted by molar-refractivity contribution is 6.50. The summed E-state index contributed by atoms with van der Waals surface area (Å²) in [4.78, 5) is 30.3. The van der Waals surface area contributed by atoms with Crippen LogP contribution in [0.25, 0.3) is 33.1 Å². The number of benzene rings is 1. The third kappa shape index (κ3) is 3.41. The van der Waals surface area contributed by atoms with Crippen LogP contribution in [0, 0.1) is 6.92 Å². The van der Waals surface area contributed by atoms with Gasteiger partial charge in [0.2, 0.25) is 0 Å². The second kappa shape index (κ2) is 8.01. The van der Waals surface area contributed by atoms with Crippen LogP contribution in [0.3, 0.4) is 0 Å². The van der Waals surface area contributed by atoms with E-state index in [4.69, 9.17) is 0 Å². The fourth-order valence-corrected chi connectivity index (χ4v) is 4.75. The average molecular weight is 467 g/mol. The van der Waals surface area contributed by atoms with Crippen LogP contribution in [0.1, 0.15) is 23.2 Å². The zero-order valence-electron chi connectivity index (χ0n) is 19.3. The third-order valence-electron chi connectivity index (χ3n) is 6.36. The van der Waals surface area contributed by atoms with Gasteiger partial charge in [-0.05, 0) is 31.0 Å². The van der Waals surface area contributed by atoms with Crippen molar-refractivity contribution in [2.45, 2.75) is 26.4 Å². The molecule has 0 atom stereocenters. The molecule has 174 valence electrons. The van der Waals surface area contributed by atoms with Gasteiger partial charge in [0, 0.05) is 55.2 Å². The van der Waals surface area contributed by atoms with E-state index >= 15 is 0 Å². The van der Waals surface area contributed by atoms with Crippen molar-refractivity contribution in [2.75, 3.05) is 0 Å². The summed E-state index contributed by atoms with van der Waals surface area (Å²) in [5, 5.41) is 16.7. The maximum atomic E-state index is 13.1. The topological polar surface area (TPSA) is 113 Å². The van der Waals surface area contributed by atoms with Gasteiger partial charge in [-0.1, -0.05) is 12.1 Å². The molecule has 2 amide bonds. The molecule has 0 unspecified atom stereocenters. The number of carbonyl (C=O) groups excluding carboxylic acids is 2. The molecule has 1 aliphatic rings. The first-order chi connectivity index (χ1) is 17.0. The fraction of sp³-hybridized carbons (Fsp3) is 0.200. The quantitative estimate of drug-likeness (QED) is 0.385. The standard InChI is InChI=1S/C25H22N8O2/c1-15-4-5-16-18(13-33(19(16)12-15)10-3-9-32-11-8-26-14-32)20-21(25(35)28-24(20)34)22-17-6-7-27-29-23(17)31(2)30-22/h4-8,11-14H,3,9-10H2,1-2H3,(H,28,34,35). The van der Waals surface area contributed by atoms with Crippen molar-refractivity contribution in [2.24, 2.45) is 7.05 Å². The lowest BCUT2D eigenvalue weighted by atomic mass is 9.97. The number of rotatable bonds is 6. The number of aromatic nitrogens is 7. The van der Waals surface area contributed by atoms with E-state index in [0.29, 0.717) is 27.9 Å². The van der Waals surface area contributed by atoms with Gasteiger partial charge in [-0.3, -0.25) is 14.9 Å². The van der Waals surface area contributed by atoms with E-state index in [2.05, 4.69) is 36.2 Å². The molecule has 0 radical (unpaired) electrons. The smallest absolute Gasteiger partial charge is 0.261 e. The largest absolute Gasteiger partial charge is 0.347 e. The van der Waals surface area contributed by atoms with Gasteiger partial charge in [-0.2, -0.15) is 10.2 Å². The highest BCUT2D eigenvalue weighted by Gasteiger charge is 2.36. The predicted octanol–water partition coefficient (Wildman–Crippen LogP) is 2.48. The average Bonchev–Trinajstić information content (AvgIpc) is 3.61. The molecule has 10 nitrogen and oxygen atoms in total. The normalized spacial score (nSPS) is 14.0. The molecule has 0 fully saturated rings. The molecule has 0 saturated carbocycles. The molecule has 1 aliphatic heterocycles. The van der Waals surface area contributed by atoms with Crippen molar-refractivity contribution in [3.05, 3.63) is 72.2 Å². The van der Waals surface area contributed by atoms with E-state index in [1.807, 2.05) is 36.0 Å². The molecule has 10 heteroatoms. The number of nitrogens with one attached hydrogen (secondary N) is 1. The van der Waals surface area contributed by atoms with E-state index < -0.39 is 11.8 Å². The Balaban J connectivity index is 1.51. The number of aryl methyl sites for hydroxylation is 4. The van der Waals surface area contributed by atoms with Gasteiger partial charge in [0.15, 0.2) is 5.65 Å². The fourth-order valence-electron chi connectivity index (χ4n) is 4.75. The van der Waals surface area contributed by atoms with Crippen molar-refractivity contribution in [3.8, 4) is 0 Å². The number of imide groups is 1. The zero-order valence-corrected chi connectivity index (χ0v) is 19.3. The van der Waals surface area contributed by atoms with Gasteiger partial charge in [-0.25, -0.2) is 9.67 Å². The molecule has 5 aromatic rings. The van der Waals surface area contributed by atoms with Crippen molar-refractivity contribution in [1.29, 1.82) is 0 Å². The minimum absolute atomic E-state index is 0.256. The summed E-state index contributed by atoms with van der Waals surface area (Å²) >= 11 is 0. The van der Waals surface area contributed by atoms with Gasteiger partial charge in [0.1, 0.15) is 5.69 Å². The summed E-state index contributed by atoms with van der Waals surface area (Å²) in [5.41, 5.74) is 4.39. The van der Waals surface area contributed by atoms with Gasteiger partial charge >= 0.3 is 0 Å². The first-order valence-corrected chi connectivity index (χ1v) is 11.3. The van der Waals surface area contributed by atoms with Crippen LogP contribution in [-0.2, 0) is 29.7 Å². The van der Waals surface area contributed by atoms with E-state index in [0.717, 1.165) is 36.0 Å². The van der Waals surface area contributed by atoms with Crippen molar-refractivity contribution >= 4 is 44.9 Å². The highest BCUT2D eigenvalue weighted by Crippen LogP contribution is 2.37. The van der Waals surface area contributed by atoms with Crippen molar-refractivity contribution in [1.82, 2.24) is 39.4 Å². The number of hydrogen-bond donors (Lipinski definition) is 1. The number of carbonyl (C=O) groups is 2. The van der Waals surface area contributed by atoms with Gasteiger partial charge in [0.05, 0.1) is 29.1 Å². The summed E-state index contributed by atoms with van der Waals surface area (Å²) in [6, 6.07) is 7.89. The Labute approximate surface area is 199 Å². The third-order valence-corrected chi connectivity index (χ3v) is 6.36. The Bertz CT molecular complexity index is 1660. The first-order valence-electron chi connectivity index (χ1n) is 11.3. The summed E-state index contributed by atoms with van der Waals surface area (Å²) in [7, 11) is 1.74. The number of fused-ring (bicyclic) bond motifs is 2. The molecule has 1 N–H and O–H groups in total. The number of amides is 2. The van der Waals surface area contributed by atoms with Crippen LogP contribution in [0.15, 0.2) is 55.4 Å². The Hall–Kier alpha value is -4.60. The molecule has 0 bridgehead atoms. The Morgan fingerprint density at radius 3 is 2.69 bits per heavy atom. The van der Waals surface area contributed by atoms with Crippen LogP contribution >= 0.6 is 0 Å². The van der Waals surface area contributed by atoms with Crippen LogP contribution in [0.4, 0.5) is 0 Å². The second-order valence-corrected chi connectivity index (χ2v) is 8.68. The maximum absolute atomic E-state index is 13.1. The van der Waals surface area contributed by atoms with Crippen molar-refractivity contribution in [3.63, 3.8) is 0 Å². The summed E-state index contributed by atoms with van der Waals surface area (Å²) < 4.78 is 5.76. The van der Waals surface area contributed by atoms with E-state index in [-0.39, 0.29) is 5.57 Å². The number of imidazole rings is 1. The van der Waals surface area contributed by atoms with Gasteiger partial charge in [-0.15, -0.1) is 5.10 Å². The lowest BCUT2D eigenvalue weighted by molar-refractivity contribution is -0.122. The molecule has 5 heterocycles. The molecule has 35 heavy (non-hydrogen) atoms. The first kappa shape index (κ1) is 21.0. The van der Waals surface area contributed by atoms with Gasteiger partial charge in [0.25, 0.3) is 11.8 Å². The van der Waals surface area contributed by atoms with E-state index in [1.54, 1.807) is 36.5 Å². The zero-order chi connectivity index (χ0) is 24.1. The Kier molecular flexibility index (Phi) is 4.80. The second-order valence-electron chi connectivity index (χ2n) is 8.68. The monoisotopic (exact) mass is 466 g/mol. The number of nitrogens with zero attached hydrogens (tertiary/aromatic N) is 7. The van der Waals surface area contributed by atoms with E-state index in [9.17, 15) is 9.59 Å². The van der Waals surface area contributed by atoms with E-state index in [1.165, 1.54) is 0 Å². The predicted molar refractivity (Wildman–Crippen MR) is 130 cm³/mol. The lowest BCUT2D eigenvalue weighted by Crippen LogP contribution is -2.22. The maximum Gasteiger partial charge on any atom is 0.261 e. The molecular weight excluding hydrogens is 444 g/mol. The molecule has 1 aromatic carbocycles. The molecule has 0 aliphatic carbocycles. The molecule has 4 aromatic heterocycles. The molecule has 0 spiro atoms. The Morgan fingerprint density at radius 1 is 1.00 bits per heavy atom. The van der Waals surface area contributed by atoms with Crippen molar-refractivity contribution < 1.29 is 9.59 Å². The lowest BCUT2D eigenvalue weighted by Gasteiger charge is -2.06. The van der Waals surface area contributed by atoms with Crippen LogP contribution in [0.2, 0.25) is 0 Å². The molecule has 0 saturated heterocycles. The highest BCUT2D eigenvalue weighted by atomic mass is 16.2. The molecular formula is C25H22N8O2. The summed E-state index contributed by atoms with van der Waals surface area (Å²) in [6.45, 7) is 3.62.